The van der Waals surface area contributed by atoms with Gasteiger partial charge in [0.15, 0.2) is 0 Å². The maximum Gasteiger partial charge on any atom is 0.0535 e. The molecule has 0 spiro atoms. The van der Waals surface area contributed by atoms with Gasteiger partial charge in [-0.15, -0.1) is 0 Å². The maximum absolute atomic E-state index is 6.25. The van der Waals surface area contributed by atoms with Crippen molar-refractivity contribution in [3.63, 3.8) is 0 Å². The Morgan fingerprint density at radius 3 is 2.71 bits per heavy atom. The molecule has 1 heterocycles. The summed E-state index contributed by atoms with van der Waals surface area (Å²) in [5, 5.41) is 2.44. The summed E-state index contributed by atoms with van der Waals surface area (Å²) in [6.07, 6.45) is 0.666. The number of aromatic nitrogens is 1. The first kappa shape index (κ1) is 14.3. The Balaban J connectivity index is 2.14. The molecule has 4 heteroatoms. The van der Waals surface area contributed by atoms with Crippen molar-refractivity contribution in [3.8, 4) is 0 Å². The Kier molecular flexibility index (Phi) is 3.60. The summed E-state index contributed by atoms with van der Waals surface area (Å²) in [6.45, 7) is 2.07. The third-order valence-electron chi connectivity index (χ3n) is 3.84. The second-order valence-corrected chi connectivity index (χ2v) is 6.05. The Labute approximate surface area is 134 Å². The highest BCUT2D eigenvalue weighted by molar-refractivity contribution is 6.35. The second kappa shape index (κ2) is 5.28. The highest BCUT2D eigenvalue weighted by atomic mass is 35.5. The van der Waals surface area contributed by atoms with E-state index in [1.54, 1.807) is 6.07 Å². The van der Waals surface area contributed by atoms with E-state index in [4.69, 9.17) is 28.9 Å². The van der Waals surface area contributed by atoms with Crippen molar-refractivity contribution in [1.29, 1.82) is 0 Å². The van der Waals surface area contributed by atoms with Gasteiger partial charge < -0.3 is 10.3 Å². The predicted octanol–water partition coefficient (Wildman–Crippen LogP) is 4.77. The number of hydrogen-bond donors (Lipinski definition) is 1. The molecule has 2 aromatic carbocycles. The van der Waals surface area contributed by atoms with Crippen molar-refractivity contribution >= 4 is 39.8 Å². The SMILES string of the molecule is Cc1cc(N)cc2c1cc(Cc1c(Cl)[c]ccc1Cl)n2C. The summed E-state index contributed by atoms with van der Waals surface area (Å²) in [5.74, 6) is 0. The number of aryl methyl sites for hydroxylation is 2. The van der Waals surface area contributed by atoms with Crippen molar-refractivity contribution in [1.82, 2.24) is 4.57 Å². The number of nitrogens with zero attached hydrogens (tertiary/aromatic N) is 1. The van der Waals surface area contributed by atoms with Crippen LogP contribution in [0.1, 0.15) is 16.8 Å². The number of nitrogen functional groups attached to an aromatic ring is 1. The quantitative estimate of drug-likeness (QED) is 0.678. The summed E-state index contributed by atoms with van der Waals surface area (Å²) >= 11 is 12.5. The van der Waals surface area contributed by atoms with Crippen LogP contribution in [0.4, 0.5) is 5.69 Å². The lowest BCUT2D eigenvalue weighted by atomic mass is 10.1. The Hall–Kier alpha value is -1.64. The molecule has 0 unspecified atom stereocenters. The first-order valence-corrected chi connectivity index (χ1v) is 7.42. The fourth-order valence-corrected chi connectivity index (χ4v) is 3.19. The third kappa shape index (κ3) is 2.50. The van der Waals surface area contributed by atoms with Crippen molar-refractivity contribution in [2.75, 3.05) is 5.73 Å². The van der Waals surface area contributed by atoms with E-state index in [-0.39, 0.29) is 0 Å². The van der Waals surface area contributed by atoms with E-state index in [0.29, 0.717) is 16.5 Å². The van der Waals surface area contributed by atoms with Crippen molar-refractivity contribution in [3.05, 3.63) is 63.3 Å². The van der Waals surface area contributed by atoms with Crippen LogP contribution in [0.3, 0.4) is 0 Å². The van der Waals surface area contributed by atoms with Crippen molar-refractivity contribution in [2.45, 2.75) is 13.3 Å². The standard InChI is InChI=1S/C17H15Cl2N2/c1-10-6-11(20)7-17-13(10)8-12(21(17)2)9-14-15(18)4-3-5-16(14)19/h3-4,6-8H,9,20H2,1-2H3. The van der Waals surface area contributed by atoms with E-state index in [1.165, 1.54) is 10.9 Å². The largest absolute Gasteiger partial charge is 0.399 e. The van der Waals surface area contributed by atoms with Crippen LogP contribution in [-0.2, 0) is 13.5 Å². The van der Waals surface area contributed by atoms with Crippen LogP contribution in [0.25, 0.3) is 10.9 Å². The fourth-order valence-electron chi connectivity index (χ4n) is 2.68. The molecule has 0 aliphatic carbocycles. The van der Waals surface area contributed by atoms with E-state index in [0.717, 1.165) is 22.5 Å². The van der Waals surface area contributed by atoms with E-state index < -0.39 is 0 Å². The van der Waals surface area contributed by atoms with Gasteiger partial charge in [0, 0.05) is 41.3 Å². The monoisotopic (exact) mass is 317 g/mol. The Bertz CT molecular complexity index is 814. The van der Waals surface area contributed by atoms with Gasteiger partial charge in [0.2, 0.25) is 0 Å². The van der Waals surface area contributed by atoms with Gasteiger partial charge in [-0.25, -0.2) is 0 Å². The average molecular weight is 318 g/mol. The number of rotatable bonds is 2. The highest BCUT2D eigenvalue weighted by Gasteiger charge is 2.12. The zero-order valence-electron chi connectivity index (χ0n) is 11.9. The van der Waals surface area contributed by atoms with Crippen LogP contribution in [-0.4, -0.2) is 4.57 Å². The van der Waals surface area contributed by atoms with Crippen LogP contribution in [0.15, 0.2) is 30.3 Å². The second-order valence-electron chi connectivity index (χ2n) is 5.26. The molecule has 2 N–H and O–H groups in total. The van der Waals surface area contributed by atoms with Gasteiger partial charge in [-0.05, 0) is 42.3 Å². The number of nitrogens with two attached hydrogens (primary N) is 1. The summed E-state index contributed by atoms with van der Waals surface area (Å²) in [7, 11) is 2.03. The molecule has 0 bridgehead atoms. The maximum atomic E-state index is 6.25. The lowest BCUT2D eigenvalue weighted by Gasteiger charge is -2.08. The molecule has 1 radical (unpaired) electrons. The molecule has 0 atom stereocenters. The van der Waals surface area contributed by atoms with E-state index in [2.05, 4.69) is 23.6 Å². The Morgan fingerprint density at radius 1 is 1.24 bits per heavy atom. The van der Waals surface area contributed by atoms with Crippen LogP contribution in [0.5, 0.6) is 0 Å². The zero-order valence-corrected chi connectivity index (χ0v) is 13.4. The predicted molar refractivity (Wildman–Crippen MR) is 90.2 cm³/mol. The first-order chi connectivity index (χ1) is 9.97. The van der Waals surface area contributed by atoms with Gasteiger partial charge >= 0.3 is 0 Å². The molecule has 3 rings (SSSR count). The van der Waals surface area contributed by atoms with Crippen molar-refractivity contribution < 1.29 is 0 Å². The topological polar surface area (TPSA) is 30.9 Å². The molecule has 0 aliphatic heterocycles. The average Bonchev–Trinajstić information content (AvgIpc) is 2.72. The number of hydrogen-bond acceptors (Lipinski definition) is 1. The van der Waals surface area contributed by atoms with E-state index >= 15 is 0 Å². The molecule has 0 aliphatic rings. The molecule has 0 saturated heterocycles. The minimum absolute atomic E-state index is 0.573. The molecule has 0 saturated carbocycles. The molecule has 0 amide bonds. The minimum Gasteiger partial charge on any atom is -0.399 e. The first-order valence-electron chi connectivity index (χ1n) is 6.66. The molecule has 107 valence electrons. The van der Waals surface area contributed by atoms with E-state index in [1.807, 2.05) is 25.2 Å². The lowest BCUT2D eigenvalue weighted by molar-refractivity contribution is 0.881. The molecule has 0 fully saturated rings. The molecule has 3 aromatic rings. The molecule has 1 aromatic heterocycles. The summed E-state index contributed by atoms with van der Waals surface area (Å²) in [4.78, 5) is 0. The van der Waals surface area contributed by atoms with Crippen molar-refractivity contribution in [2.24, 2.45) is 7.05 Å². The van der Waals surface area contributed by atoms with Gasteiger partial charge in [-0.1, -0.05) is 29.3 Å². The fraction of sp³-hybridized carbons (Fsp3) is 0.176. The van der Waals surface area contributed by atoms with Gasteiger partial charge in [-0.2, -0.15) is 0 Å². The molecule has 21 heavy (non-hydrogen) atoms. The minimum atomic E-state index is 0.573. The van der Waals surface area contributed by atoms with Crippen LogP contribution >= 0.6 is 23.2 Å². The summed E-state index contributed by atoms with van der Waals surface area (Å²) in [6, 6.07) is 12.7. The van der Waals surface area contributed by atoms with Gasteiger partial charge in [0.1, 0.15) is 0 Å². The number of anilines is 1. The number of halogens is 2. The summed E-state index contributed by atoms with van der Waals surface area (Å²) in [5.41, 5.74) is 11.0. The lowest BCUT2D eigenvalue weighted by Crippen LogP contribution is -1.99. The highest BCUT2D eigenvalue weighted by Crippen LogP contribution is 2.30. The number of benzene rings is 2. The Morgan fingerprint density at radius 2 is 2.00 bits per heavy atom. The van der Waals surface area contributed by atoms with Crippen LogP contribution in [0.2, 0.25) is 10.0 Å². The smallest absolute Gasteiger partial charge is 0.0535 e. The zero-order chi connectivity index (χ0) is 15.1. The molecular formula is C17H15Cl2N2. The summed E-state index contributed by atoms with van der Waals surface area (Å²) < 4.78 is 2.14. The number of fused-ring (bicyclic) bond motifs is 1. The van der Waals surface area contributed by atoms with Gasteiger partial charge in [0.05, 0.1) is 10.5 Å². The third-order valence-corrected chi connectivity index (χ3v) is 4.53. The van der Waals surface area contributed by atoms with Gasteiger partial charge in [-0.3, -0.25) is 0 Å². The van der Waals surface area contributed by atoms with Crippen LogP contribution < -0.4 is 5.73 Å². The van der Waals surface area contributed by atoms with Crippen LogP contribution in [0, 0.1) is 13.0 Å². The molecule has 2 nitrogen and oxygen atoms in total. The van der Waals surface area contributed by atoms with E-state index in [9.17, 15) is 0 Å². The molecular weight excluding hydrogens is 303 g/mol. The van der Waals surface area contributed by atoms with Gasteiger partial charge in [0.25, 0.3) is 0 Å². The normalized spacial score (nSPS) is 11.2.